The second-order valence-electron chi connectivity index (χ2n) is 7.38. The molecule has 0 radical (unpaired) electrons. The molecule has 0 atom stereocenters. The standard InChI is InChI=1S/C22H23ClFN5O2S/c23-16-1-7-19(8-2-16)31-14-13-28-9-11-29(12-10-28)15-20-26-27-22(32-20)21(30)25-18-5-3-17(24)4-6-18/h1-8H,9-15H2,(H,25,30). The number of anilines is 1. The van der Waals surface area contributed by atoms with Gasteiger partial charge in [-0.1, -0.05) is 22.9 Å². The van der Waals surface area contributed by atoms with Crippen LogP contribution in [0, 0.1) is 5.82 Å². The van der Waals surface area contributed by atoms with Crippen LogP contribution in [-0.4, -0.2) is 65.2 Å². The molecule has 168 valence electrons. The summed E-state index contributed by atoms with van der Waals surface area (Å²) in [5, 5.41) is 12.7. The molecule has 2 aromatic carbocycles. The molecule has 4 rings (SSSR count). The van der Waals surface area contributed by atoms with Crippen molar-refractivity contribution in [3.63, 3.8) is 0 Å². The van der Waals surface area contributed by atoms with E-state index < -0.39 is 0 Å². The number of carbonyl (C=O) groups excluding carboxylic acids is 1. The van der Waals surface area contributed by atoms with E-state index in [2.05, 4.69) is 25.3 Å². The maximum absolute atomic E-state index is 13.0. The van der Waals surface area contributed by atoms with Crippen molar-refractivity contribution in [3.8, 4) is 5.75 Å². The predicted octanol–water partition coefficient (Wildman–Crippen LogP) is 3.78. The molecule has 7 nitrogen and oxygen atoms in total. The minimum absolute atomic E-state index is 0.294. The number of amides is 1. The van der Waals surface area contributed by atoms with Crippen LogP contribution < -0.4 is 10.1 Å². The second-order valence-corrected chi connectivity index (χ2v) is 8.88. The molecule has 1 aliphatic heterocycles. The number of nitrogens with one attached hydrogen (secondary N) is 1. The molecule has 0 bridgehead atoms. The van der Waals surface area contributed by atoms with E-state index in [1.54, 1.807) is 0 Å². The molecule has 0 saturated carbocycles. The van der Waals surface area contributed by atoms with Gasteiger partial charge < -0.3 is 10.1 Å². The first-order valence-corrected chi connectivity index (χ1v) is 11.5. The fourth-order valence-corrected chi connectivity index (χ4v) is 4.22. The van der Waals surface area contributed by atoms with Crippen molar-refractivity contribution >= 4 is 34.5 Å². The molecule has 0 aliphatic carbocycles. The number of hydrogen-bond donors (Lipinski definition) is 1. The smallest absolute Gasteiger partial charge is 0.286 e. The molecular formula is C22H23ClFN5O2S. The summed E-state index contributed by atoms with van der Waals surface area (Å²) in [5.74, 6) is 0.129. The van der Waals surface area contributed by atoms with Crippen molar-refractivity contribution in [2.75, 3.05) is 44.6 Å². The summed E-state index contributed by atoms with van der Waals surface area (Å²) in [6, 6.07) is 13.0. The Bertz CT molecular complexity index is 1020. The molecule has 3 aromatic rings. The lowest BCUT2D eigenvalue weighted by atomic mass is 10.3. The fourth-order valence-electron chi connectivity index (χ4n) is 3.31. The largest absolute Gasteiger partial charge is 0.492 e. The van der Waals surface area contributed by atoms with Crippen molar-refractivity contribution in [2.45, 2.75) is 6.54 Å². The molecular weight excluding hydrogens is 453 g/mol. The first-order chi connectivity index (χ1) is 15.5. The quantitative estimate of drug-likeness (QED) is 0.534. The number of halogens is 2. The number of hydrogen-bond acceptors (Lipinski definition) is 7. The number of carbonyl (C=O) groups is 1. The molecule has 10 heteroatoms. The minimum atomic E-state index is -0.352. The van der Waals surface area contributed by atoms with Crippen molar-refractivity contribution < 1.29 is 13.9 Å². The molecule has 1 saturated heterocycles. The van der Waals surface area contributed by atoms with E-state index in [9.17, 15) is 9.18 Å². The van der Waals surface area contributed by atoms with Crippen LogP contribution in [0.25, 0.3) is 0 Å². The molecule has 0 spiro atoms. The first-order valence-electron chi connectivity index (χ1n) is 10.3. The predicted molar refractivity (Wildman–Crippen MR) is 123 cm³/mol. The third-order valence-corrected chi connectivity index (χ3v) is 6.24. The highest BCUT2D eigenvalue weighted by Crippen LogP contribution is 2.17. The van der Waals surface area contributed by atoms with Gasteiger partial charge in [0.05, 0.1) is 6.54 Å². The summed E-state index contributed by atoms with van der Waals surface area (Å²) < 4.78 is 18.8. The number of ether oxygens (including phenoxy) is 1. The summed E-state index contributed by atoms with van der Waals surface area (Å²) >= 11 is 7.16. The van der Waals surface area contributed by atoms with E-state index >= 15 is 0 Å². The zero-order chi connectivity index (χ0) is 22.3. The first kappa shape index (κ1) is 22.6. The molecule has 1 aromatic heterocycles. The normalized spacial score (nSPS) is 14.9. The summed E-state index contributed by atoms with van der Waals surface area (Å²) in [7, 11) is 0. The average Bonchev–Trinajstić information content (AvgIpc) is 3.27. The Kier molecular flexibility index (Phi) is 7.64. The SMILES string of the molecule is O=C(Nc1ccc(F)cc1)c1nnc(CN2CCN(CCOc3ccc(Cl)cc3)CC2)s1. The molecule has 32 heavy (non-hydrogen) atoms. The Labute approximate surface area is 194 Å². The van der Waals surface area contributed by atoms with Gasteiger partial charge in [0, 0.05) is 43.4 Å². The second kappa shape index (κ2) is 10.8. The van der Waals surface area contributed by atoms with Crippen LogP contribution in [0.3, 0.4) is 0 Å². The van der Waals surface area contributed by atoms with Crippen molar-refractivity contribution in [1.29, 1.82) is 0 Å². The maximum atomic E-state index is 13.0. The molecule has 1 fully saturated rings. The van der Waals surface area contributed by atoms with Gasteiger partial charge in [-0.05, 0) is 48.5 Å². The van der Waals surface area contributed by atoms with Crippen LogP contribution in [0.4, 0.5) is 10.1 Å². The molecule has 0 unspecified atom stereocenters. The Balaban J connectivity index is 1.18. The van der Waals surface area contributed by atoms with Gasteiger partial charge in [-0.15, -0.1) is 10.2 Å². The lowest BCUT2D eigenvalue weighted by Gasteiger charge is -2.34. The van der Waals surface area contributed by atoms with Gasteiger partial charge in [-0.3, -0.25) is 14.6 Å². The summed E-state index contributed by atoms with van der Waals surface area (Å²) in [6.07, 6.45) is 0. The van der Waals surface area contributed by atoms with E-state index in [-0.39, 0.29) is 11.7 Å². The Hall–Kier alpha value is -2.59. The molecule has 2 heterocycles. The van der Waals surface area contributed by atoms with Crippen molar-refractivity contribution in [1.82, 2.24) is 20.0 Å². The third-order valence-electron chi connectivity index (χ3n) is 5.08. The van der Waals surface area contributed by atoms with E-state index in [1.807, 2.05) is 24.3 Å². The zero-order valence-corrected chi connectivity index (χ0v) is 18.9. The van der Waals surface area contributed by atoms with Crippen LogP contribution in [0.2, 0.25) is 5.02 Å². The fraction of sp³-hybridized carbons (Fsp3) is 0.318. The highest BCUT2D eigenvalue weighted by atomic mass is 35.5. The number of aromatic nitrogens is 2. The Morgan fingerprint density at radius 2 is 1.72 bits per heavy atom. The number of benzene rings is 2. The van der Waals surface area contributed by atoms with Gasteiger partial charge in [-0.25, -0.2) is 4.39 Å². The van der Waals surface area contributed by atoms with Crippen LogP contribution in [0.5, 0.6) is 5.75 Å². The minimum Gasteiger partial charge on any atom is -0.492 e. The zero-order valence-electron chi connectivity index (χ0n) is 17.3. The molecule has 1 aliphatic rings. The van der Waals surface area contributed by atoms with Gasteiger partial charge >= 0.3 is 0 Å². The van der Waals surface area contributed by atoms with Gasteiger partial charge in [0.25, 0.3) is 5.91 Å². The van der Waals surface area contributed by atoms with Gasteiger partial charge in [0.1, 0.15) is 23.2 Å². The van der Waals surface area contributed by atoms with E-state index in [4.69, 9.17) is 16.3 Å². The van der Waals surface area contributed by atoms with E-state index in [0.717, 1.165) is 43.5 Å². The number of piperazine rings is 1. The van der Waals surface area contributed by atoms with Crippen LogP contribution in [0.15, 0.2) is 48.5 Å². The lowest BCUT2D eigenvalue weighted by molar-refractivity contribution is 0.102. The highest BCUT2D eigenvalue weighted by Gasteiger charge is 2.20. The van der Waals surface area contributed by atoms with E-state index in [0.29, 0.717) is 28.9 Å². The van der Waals surface area contributed by atoms with Crippen LogP contribution in [-0.2, 0) is 6.54 Å². The van der Waals surface area contributed by atoms with E-state index in [1.165, 1.54) is 35.6 Å². The van der Waals surface area contributed by atoms with Gasteiger partial charge in [0.2, 0.25) is 5.01 Å². The van der Waals surface area contributed by atoms with Crippen molar-refractivity contribution in [3.05, 3.63) is 69.4 Å². The molecule has 1 amide bonds. The number of rotatable bonds is 8. The van der Waals surface area contributed by atoms with Gasteiger partial charge in [0.15, 0.2) is 0 Å². The Morgan fingerprint density at radius 3 is 2.44 bits per heavy atom. The van der Waals surface area contributed by atoms with Crippen molar-refractivity contribution in [2.24, 2.45) is 0 Å². The third kappa shape index (κ3) is 6.46. The summed E-state index contributed by atoms with van der Waals surface area (Å²) in [4.78, 5) is 17.0. The topological polar surface area (TPSA) is 70.6 Å². The summed E-state index contributed by atoms with van der Waals surface area (Å²) in [5.41, 5.74) is 0.518. The monoisotopic (exact) mass is 475 g/mol. The lowest BCUT2D eigenvalue weighted by Crippen LogP contribution is -2.47. The summed E-state index contributed by atoms with van der Waals surface area (Å²) in [6.45, 7) is 5.88. The maximum Gasteiger partial charge on any atom is 0.286 e. The average molecular weight is 476 g/mol. The highest BCUT2D eigenvalue weighted by molar-refractivity contribution is 7.13. The van der Waals surface area contributed by atoms with Crippen LogP contribution in [0.1, 0.15) is 14.8 Å². The number of nitrogens with zero attached hydrogens (tertiary/aromatic N) is 4. The van der Waals surface area contributed by atoms with Gasteiger partial charge in [-0.2, -0.15) is 0 Å². The van der Waals surface area contributed by atoms with Crippen LogP contribution >= 0.6 is 22.9 Å². The molecule has 1 N–H and O–H groups in total. The Morgan fingerprint density at radius 1 is 1.03 bits per heavy atom.